The number of hydrogen-bond donors (Lipinski definition) is 1. The van der Waals surface area contributed by atoms with Gasteiger partial charge in [0, 0.05) is 11.4 Å². The summed E-state index contributed by atoms with van der Waals surface area (Å²) < 4.78 is 5.52. The highest BCUT2D eigenvalue weighted by molar-refractivity contribution is 7.19. The Labute approximate surface area is 129 Å². The molecule has 1 N–H and O–H groups in total. The molecule has 0 aliphatic heterocycles. The molecule has 0 spiro atoms. The van der Waals surface area contributed by atoms with Crippen molar-refractivity contribution in [1.29, 1.82) is 0 Å². The van der Waals surface area contributed by atoms with Gasteiger partial charge in [0.1, 0.15) is 17.0 Å². The third-order valence-electron chi connectivity index (χ3n) is 3.64. The van der Waals surface area contributed by atoms with E-state index in [2.05, 4.69) is 21.9 Å². The highest BCUT2D eigenvalue weighted by atomic mass is 32.1. The first kappa shape index (κ1) is 14.5. The van der Waals surface area contributed by atoms with E-state index in [0.29, 0.717) is 13.2 Å². The van der Waals surface area contributed by atoms with Crippen molar-refractivity contribution >= 4 is 27.4 Å². The van der Waals surface area contributed by atoms with Crippen LogP contribution in [0.5, 0.6) is 0 Å². The van der Waals surface area contributed by atoms with Crippen LogP contribution in [-0.2, 0) is 17.6 Å². The molecule has 2 heterocycles. The van der Waals surface area contributed by atoms with Crippen molar-refractivity contribution in [3.8, 4) is 0 Å². The van der Waals surface area contributed by atoms with Gasteiger partial charge in [0.25, 0.3) is 0 Å². The number of fused-ring (bicyclic) bond motifs is 3. The SMILES string of the molecule is C=C(C)COCCNc1ncnc2sc3c(c12)CCCC3. The maximum absolute atomic E-state index is 5.52. The smallest absolute Gasteiger partial charge is 0.138 e. The number of ether oxygens (including phenoxy) is 1. The molecule has 0 saturated heterocycles. The average Bonchev–Trinajstić information content (AvgIpc) is 2.85. The summed E-state index contributed by atoms with van der Waals surface area (Å²) >= 11 is 1.83. The van der Waals surface area contributed by atoms with Crippen LogP contribution in [0.4, 0.5) is 5.82 Å². The maximum Gasteiger partial charge on any atom is 0.138 e. The van der Waals surface area contributed by atoms with Crippen LogP contribution in [0.15, 0.2) is 18.5 Å². The Hall–Kier alpha value is -1.46. The van der Waals surface area contributed by atoms with Gasteiger partial charge in [0.15, 0.2) is 0 Å². The van der Waals surface area contributed by atoms with E-state index in [4.69, 9.17) is 4.74 Å². The van der Waals surface area contributed by atoms with Gasteiger partial charge in [-0.25, -0.2) is 9.97 Å². The van der Waals surface area contributed by atoms with E-state index < -0.39 is 0 Å². The number of anilines is 1. The molecule has 3 rings (SSSR count). The molecule has 1 aliphatic carbocycles. The van der Waals surface area contributed by atoms with E-state index in [9.17, 15) is 0 Å². The van der Waals surface area contributed by atoms with Gasteiger partial charge in [-0.3, -0.25) is 0 Å². The summed E-state index contributed by atoms with van der Waals surface area (Å²) in [6.45, 7) is 7.83. The van der Waals surface area contributed by atoms with Crippen LogP contribution in [-0.4, -0.2) is 29.7 Å². The second-order valence-corrected chi connectivity index (χ2v) is 6.63. The van der Waals surface area contributed by atoms with Crippen molar-refractivity contribution in [2.24, 2.45) is 0 Å². The minimum Gasteiger partial charge on any atom is -0.375 e. The molecule has 21 heavy (non-hydrogen) atoms. The van der Waals surface area contributed by atoms with Gasteiger partial charge in [0.05, 0.1) is 18.6 Å². The van der Waals surface area contributed by atoms with Crippen LogP contribution in [0.25, 0.3) is 10.2 Å². The Morgan fingerprint density at radius 1 is 1.38 bits per heavy atom. The van der Waals surface area contributed by atoms with E-state index in [1.54, 1.807) is 6.33 Å². The quantitative estimate of drug-likeness (QED) is 0.654. The van der Waals surface area contributed by atoms with Crippen molar-refractivity contribution in [1.82, 2.24) is 9.97 Å². The van der Waals surface area contributed by atoms with Crippen LogP contribution < -0.4 is 5.32 Å². The maximum atomic E-state index is 5.52. The average molecular weight is 303 g/mol. The van der Waals surface area contributed by atoms with Gasteiger partial charge in [-0.2, -0.15) is 0 Å². The monoisotopic (exact) mass is 303 g/mol. The summed E-state index contributed by atoms with van der Waals surface area (Å²) in [5.41, 5.74) is 2.51. The fraction of sp³-hybridized carbons (Fsp3) is 0.500. The van der Waals surface area contributed by atoms with E-state index in [1.807, 2.05) is 18.3 Å². The number of aryl methyl sites for hydroxylation is 2. The second kappa shape index (κ2) is 6.54. The highest BCUT2D eigenvalue weighted by Crippen LogP contribution is 2.37. The summed E-state index contributed by atoms with van der Waals surface area (Å²) in [5.74, 6) is 0.957. The van der Waals surface area contributed by atoms with Crippen molar-refractivity contribution in [2.45, 2.75) is 32.6 Å². The second-order valence-electron chi connectivity index (χ2n) is 5.55. The largest absolute Gasteiger partial charge is 0.375 e. The fourth-order valence-corrected chi connectivity index (χ4v) is 3.94. The molecule has 1 aliphatic rings. The Morgan fingerprint density at radius 3 is 3.10 bits per heavy atom. The first-order valence-electron chi connectivity index (χ1n) is 7.47. The number of aromatic nitrogens is 2. The van der Waals surface area contributed by atoms with Gasteiger partial charge >= 0.3 is 0 Å². The molecule has 0 radical (unpaired) electrons. The summed E-state index contributed by atoms with van der Waals surface area (Å²) in [5, 5.41) is 4.63. The Bertz CT molecular complexity index is 650. The van der Waals surface area contributed by atoms with Gasteiger partial charge < -0.3 is 10.1 Å². The topological polar surface area (TPSA) is 47.0 Å². The summed E-state index contributed by atoms with van der Waals surface area (Å²) in [4.78, 5) is 11.5. The van der Waals surface area contributed by atoms with E-state index in [1.165, 1.54) is 35.1 Å². The normalized spacial score (nSPS) is 14.1. The molecule has 4 nitrogen and oxygen atoms in total. The molecule has 2 aromatic heterocycles. The molecule has 0 atom stereocenters. The first-order chi connectivity index (χ1) is 10.3. The number of hydrogen-bond acceptors (Lipinski definition) is 5. The molecule has 5 heteroatoms. The van der Waals surface area contributed by atoms with Crippen molar-refractivity contribution in [2.75, 3.05) is 25.1 Å². The van der Waals surface area contributed by atoms with E-state index in [0.717, 1.165) is 29.2 Å². The molecule has 0 bridgehead atoms. The predicted octanol–water partition coefficient (Wildman–Crippen LogP) is 3.57. The molecule has 2 aromatic rings. The molecule has 0 unspecified atom stereocenters. The van der Waals surface area contributed by atoms with Gasteiger partial charge in [0.2, 0.25) is 0 Å². The Morgan fingerprint density at radius 2 is 2.24 bits per heavy atom. The Balaban J connectivity index is 1.73. The van der Waals surface area contributed by atoms with Crippen molar-refractivity contribution in [3.63, 3.8) is 0 Å². The Kier molecular flexibility index (Phi) is 4.51. The lowest BCUT2D eigenvalue weighted by atomic mass is 9.97. The number of rotatable bonds is 6. The minimum atomic E-state index is 0.620. The zero-order chi connectivity index (χ0) is 14.7. The van der Waals surface area contributed by atoms with Gasteiger partial charge in [-0.15, -0.1) is 11.3 Å². The van der Waals surface area contributed by atoms with Crippen molar-refractivity contribution < 1.29 is 4.74 Å². The lowest BCUT2D eigenvalue weighted by Gasteiger charge is -2.12. The van der Waals surface area contributed by atoms with Crippen LogP contribution >= 0.6 is 11.3 Å². The number of thiophene rings is 1. The molecular formula is C16H21N3OS. The third kappa shape index (κ3) is 3.24. The molecule has 0 saturated carbocycles. The van der Waals surface area contributed by atoms with E-state index in [-0.39, 0.29) is 0 Å². The predicted molar refractivity (Wildman–Crippen MR) is 88.2 cm³/mol. The molecule has 112 valence electrons. The van der Waals surface area contributed by atoms with Crippen LogP contribution in [0, 0.1) is 0 Å². The van der Waals surface area contributed by atoms with E-state index >= 15 is 0 Å². The summed E-state index contributed by atoms with van der Waals surface area (Å²) in [6.07, 6.45) is 6.57. The molecule has 0 aromatic carbocycles. The first-order valence-corrected chi connectivity index (χ1v) is 8.28. The van der Waals surface area contributed by atoms with Crippen molar-refractivity contribution in [3.05, 3.63) is 28.9 Å². The zero-order valence-electron chi connectivity index (χ0n) is 12.4. The zero-order valence-corrected chi connectivity index (χ0v) is 13.3. The minimum absolute atomic E-state index is 0.620. The standard InChI is InChI=1S/C16H21N3OS/c1-11(2)9-20-8-7-17-15-14-12-5-3-4-6-13(12)21-16(14)19-10-18-15/h10H,1,3-9H2,2H3,(H,17,18,19). The summed E-state index contributed by atoms with van der Waals surface area (Å²) in [7, 11) is 0. The van der Waals surface area contributed by atoms with Gasteiger partial charge in [-0.1, -0.05) is 12.2 Å². The number of nitrogens with one attached hydrogen (secondary N) is 1. The van der Waals surface area contributed by atoms with Gasteiger partial charge in [-0.05, 0) is 38.2 Å². The lowest BCUT2D eigenvalue weighted by Crippen LogP contribution is -2.12. The molecule has 0 amide bonds. The molecular weight excluding hydrogens is 282 g/mol. The third-order valence-corrected chi connectivity index (χ3v) is 4.84. The number of nitrogens with zero attached hydrogens (tertiary/aromatic N) is 2. The summed E-state index contributed by atoms with van der Waals surface area (Å²) in [6, 6.07) is 0. The van der Waals surface area contributed by atoms with Crippen LogP contribution in [0.1, 0.15) is 30.2 Å². The highest BCUT2D eigenvalue weighted by Gasteiger charge is 2.19. The fourth-order valence-electron chi connectivity index (χ4n) is 2.71. The molecule has 0 fully saturated rings. The van der Waals surface area contributed by atoms with Crippen LogP contribution in [0.3, 0.4) is 0 Å². The lowest BCUT2D eigenvalue weighted by molar-refractivity contribution is 0.167. The van der Waals surface area contributed by atoms with Crippen LogP contribution in [0.2, 0.25) is 0 Å².